The number of hydrogen-bond acceptors (Lipinski definition) is 3. The molecule has 0 spiro atoms. The van der Waals surface area contributed by atoms with Crippen LogP contribution in [0.2, 0.25) is 0 Å². The average molecular weight is 326 g/mol. The standard InChI is InChI=1S/C20H26N2O2/c1-2-3-4-5-6-7-10-13-21-22-20(24)18-14-16-11-8-9-12-17(16)15-19(18)23/h8-9,11-15,23H,2-7,10H2,1H3,(H,22,24)/b21-13-. The molecule has 0 unspecified atom stereocenters. The minimum Gasteiger partial charge on any atom is -0.507 e. The highest BCUT2D eigenvalue weighted by Gasteiger charge is 2.11. The van der Waals surface area contributed by atoms with Gasteiger partial charge in [-0.2, -0.15) is 5.10 Å². The molecule has 0 radical (unpaired) electrons. The maximum Gasteiger partial charge on any atom is 0.275 e. The highest BCUT2D eigenvalue weighted by atomic mass is 16.3. The van der Waals surface area contributed by atoms with Crippen molar-refractivity contribution < 1.29 is 9.90 Å². The van der Waals surface area contributed by atoms with Gasteiger partial charge in [-0.3, -0.25) is 4.79 Å². The minimum atomic E-state index is -0.391. The first-order valence-corrected chi connectivity index (χ1v) is 8.76. The number of unbranched alkanes of at least 4 members (excludes halogenated alkanes) is 6. The van der Waals surface area contributed by atoms with Crippen LogP contribution >= 0.6 is 0 Å². The summed E-state index contributed by atoms with van der Waals surface area (Å²) in [5.74, 6) is -0.422. The molecule has 4 nitrogen and oxygen atoms in total. The lowest BCUT2D eigenvalue weighted by Crippen LogP contribution is -2.17. The summed E-state index contributed by atoms with van der Waals surface area (Å²) in [6.07, 6.45) is 10.0. The van der Waals surface area contributed by atoms with Crippen LogP contribution in [0, 0.1) is 0 Å². The lowest BCUT2D eigenvalue weighted by molar-refractivity contribution is 0.0952. The molecular formula is C20H26N2O2. The number of amides is 1. The van der Waals surface area contributed by atoms with Gasteiger partial charge < -0.3 is 5.11 Å². The topological polar surface area (TPSA) is 61.7 Å². The predicted molar refractivity (Wildman–Crippen MR) is 99.6 cm³/mol. The highest BCUT2D eigenvalue weighted by Crippen LogP contribution is 2.24. The van der Waals surface area contributed by atoms with Gasteiger partial charge in [-0.1, -0.05) is 63.3 Å². The molecule has 1 amide bonds. The summed E-state index contributed by atoms with van der Waals surface area (Å²) in [6, 6.07) is 10.9. The predicted octanol–water partition coefficient (Wildman–Crippen LogP) is 5.01. The molecule has 2 N–H and O–H groups in total. The first-order chi connectivity index (χ1) is 11.7. The molecule has 0 aromatic heterocycles. The van der Waals surface area contributed by atoms with Crippen molar-refractivity contribution in [1.29, 1.82) is 0 Å². The monoisotopic (exact) mass is 326 g/mol. The highest BCUT2D eigenvalue weighted by molar-refractivity contribution is 6.01. The number of carbonyl (C=O) groups is 1. The SMILES string of the molecule is CCCCCCCC/C=N\NC(=O)c1cc2ccccc2cc1O. The Hall–Kier alpha value is -2.36. The molecule has 0 bridgehead atoms. The Kier molecular flexibility index (Phi) is 7.27. The summed E-state index contributed by atoms with van der Waals surface area (Å²) in [5.41, 5.74) is 2.73. The number of phenols is 1. The van der Waals surface area contributed by atoms with E-state index in [-0.39, 0.29) is 11.3 Å². The molecule has 2 aromatic rings. The van der Waals surface area contributed by atoms with Crippen molar-refractivity contribution in [2.75, 3.05) is 0 Å². The Morgan fingerprint density at radius 2 is 1.75 bits per heavy atom. The molecule has 0 heterocycles. The molecule has 24 heavy (non-hydrogen) atoms. The summed E-state index contributed by atoms with van der Waals surface area (Å²) < 4.78 is 0. The second-order valence-corrected chi connectivity index (χ2v) is 6.03. The lowest BCUT2D eigenvalue weighted by Gasteiger charge is -2.05. The quantitative estimate of drug-likeness (QED) is 0.386. The van der Waals surface area contributed by atoms with Crippen LogP contribution in [-0.4, -0.2) is 17.2 Å². The second kappa shape index (κ2) is 9.71. The second-order valence-electron chi connectivity index (χ2n) is 6.03. The van der Waals surface area contributed by atoms with Gasteiger partial charge in [0.2, 0.25) is 0 Å². The Bertz CT molecular complexity index is 695. The van der Waals surface area contributed by atoms with E-state index in [1.165, 1.54) is 32.1 Å². The summed E-state index contributed by atoms with van der Waals surface area (Å²) >= 11 is 0. The molecule has 0 saturated heterocycles. The molecule has 0 atom stereocenters. The zero-order valence-electron chi connectivity index (χ0n) is 14.3. The molecule has 2 rings (SSSR count). The van der Waals surface area contributed by atoms with E-state index < -0.39 is 5.91 Å². The van der Waals surface area contributed by atoms with Crippen LogP contribution in [-0.2, 0) is 0 Å². The third-order valence-corrected chi connectivity index (χ3v) is 4.05. The normalized spacial score (nSPS) is 11.2. The maximum absolute atomic E-state index is 12.1. The van der Waals surface area contributed by atoms with Crippen molar-refractivity contribution in [1.82, 2.24) is 5.43 Å². The third kappa shape index (κ3) is 5.37. The molecule has 0 fully saturated rings. The van der Waals surface area contributed by atoms with E-state index in [4.69, 9.17) is 0 Å². The molecule has 0 aliphatic carbocycles. The van der Waals surface area contributed by atoms with E-state index in [0.29, 0.717) is 0 Å². The zero-order valence-corrected chi connectivity index (χ0v) is 14.3. The van der Waals surface area contributed by atoms with Crippen LogP contribution in [0.5, 0.6) is 5.75 Å². The van der Waals surface area contributed by atoms with Crippen LogP contribution in [0.3, 0.4) is 0 Å². The van der Waals surface area contributed by atoms with Crippen LogP contribution in [0.25, 0.3) is 10.8 Å². The van der Waals surface area contributed by atoms with Gasteiger partial charge in [-0.05, 0) is 35.7 Å². The Morgan fingerprint density at radius 3 is 2.50 bits per heavy atom. The van der Waals surface area contributed by atoms with E-state index in [1.54, 1.807) is 18.3 Å². The van der Waals surface area contributed by atoms with Gasteiger partial charge in [-0.15, -0.1) is 0 Å². The molecule has 2 aromatic carbocycles. The fraction of sp³-hybridized carbons (Fsp3) is 0.400. The van der Waals surface area contributed by atoms with Crippen LogP contribution < -0.4 is 5.43 Å². The molecule has 0 saturated carbocycles. The molecule has 4 heteroatoms. The third-order valence-electron chi connectivity index (χ3n) is 4.05. The Labute approximate surface area is 143 Å². The Morgan fingerprint density at radius 1 is 1.08 bits per heavy atom. The number of fused-ring (bicyclic) bond motifs is 1. The molecular weight excluding hydrogens is 300 g/mol. The van der Waals surface area contributed by atoms with E-state index in [0.717, 1.165) is 23.6 Å². The maximum atomic E-state index is 12.1. The van der Waals surface area contributed by atoms with Crippen molar-refractivity contribution >= 4 is 22.9 Å². The van der Waals surface area contributed by atoms with Crippen LogP contribution in [0.4, 0.5) is 0 Å². The fourth-order valence-corrected chi connectivity index (χ4v) is 2.66. The summed E-state index contributed by atoms with van der Waals surface area (Å²) in [5, 5.41) is 15.8. The van der Waals surface area contributed by atoms with Gasteiger partial charge in [0.25, 0.3) is 5.91 Å². The first-order valence-electron chi connectivity index (χ1n) is 8.76. The number of hydrazone groups is 1. The van der Waals surface area contributed by atoms with Crippen molar-refractivity contribution in [2.45, 2.75) is 51.9 Å². The fourth-order valence-electron chi connectivity index (χ4n) is 2.66. The zero-order chi connectivity index (χ0) is 17.2. The number of rotatable bonds is 9. The minimum absolute atomic E-state index is 0.0303. The van der Waals surface area contributed by atoms with E-state index in [2.05, 4.69) is 17.5 Å². The number of nitrogens with zero attached hydrogens (tertiary/aromatic N) is 1. The van der Waals surface area contributed by atoms with Crippen LogP contribution in [0.1, 0.15) is 62.2 Å². The van der Waals surface area contributed by atoms with E-state index in [1.807, 2.05) is 24.3 Å². The lowest BCUT2D eigenvalue weighted by atomic mass is 10.1. The van der Waals surface area contributed by atoms with Crippen LogP contribution in [0.15, 0.2) is 41.5 Å². The van der Waals surface area contributed by atoms with Gasteiger partial charge in [-0.25, -0.2) is 5.43 Å². The van der Waals surface area contributed by atoms with Gasteiger partial charge in [0.1, 0.15) is 5.75 Å². The summed E-state index contributed by atoms with van der Waals surface area (Å²) in [7, 11) is 0. The smallest absolute Gasteiger partial charge is 0.275 e. The van der Waals surface area contributed by atoms with Crippen molar-refractivity contribution in [3.8, 4) is 5.75 Å². The van der Waals surface area contributed by atoms with Gasteiger partial charge in [0.05, 0.1) is 5.56 Å². The van der Waals surface area contributed by atoms with Crippen molar-refractivity contribution in [2.24, 2.45) is 5.10 Å². The van der Waals surface area contributed by atoms with Gasteiger partial charge in [0, 0.05) is 6.21 Å². The molecule has 0 aliphatic heterocycles. The number of benzene rings is 2. The number of carbonyl (C=O) groups excluding carboxylic acids is 1. The van der Waals surface area contributed by atoms with Gasteiger partial charge >= 0.3 is 0 Å². The summed E-state index contributed by atoms with van der Waals surface area (Å²) in [6.45, 7) is 2.21. The molecule has 0 aliphatic rings. The number of nitrogens with one attached hydrogen (secondary N) is 1. The van der Waals surface area contributed by atoms with Crippen molar-refractivity contribution in [3.63, 3.8) is 0 Å². The number of hydrogen-bond donors (Lipinski definition) is 2. The first kappa shape index (κ1) is 18.0. The Balaban J connectivity index is 1.80. The molecule has 128 valence electrons. The summed E-state index contributed by atoms with van der Waals surface area (Å²) in [4.78, 5) is 12.1. The largest absolute Gasteiger partial charge is 0.507 e. The average Bonchev–Trinajstić information content (AvgIpc) is 2.59. The van der Waals surface area contributed by atoms with E-state index >= 15 is 0 Å². The van der Waals surface area contributed by atoms with Crippen molar-refractivity contribution in [3.05, 3.63) is 42.0 Å². The number of phenolic OH excluding ortho intramolecular Hbond substituents is 1. The number of aromatic hydroxyl groups is 1. The van der Waals surface area contributed by atoms with E-state index in [9.17, 15) is 9.90 Å². The van der Waals surface area contributed by atoms with Gasteiger partial charge in [0.15, 0.2) is 0 Å².